The van der Waals surface area contributed by atoms with Crippen molar-refractivity contribution in [1.82, 2.24) is 10.2 Å². The van der Waals surface area contributed by atoms with Crippen LogP contribution in [0.4, 0.5) is 8.78 Å². The maximum absolute atomic E-state index is 12.8. The minimum Gasteiger partial charge on any atom is -0.349 e. The van der Waals surface area contributed by atoms with Crippen LogP contribution in [0.2, 0.25) is 0 Å². The Morgan fingerprint density at radius 3 is 2.37 bits per heavy atom. The number of benzene rings is 2. The zero-order valence-corrected chi connectivity index (χ0v) is 15.4. The summed E-state index contributed by atoms with van der Waals surface area (Å²) in [4.78, 5) is 14.5. The van der Waals surface area contributed by atoms with Crippen molar-refractivity contribution in [2.45, 2.75) is 38.2 Å². The summed E-state index contributed by atoms with van der Waals surface area (Å²) >= 11 is 0. The quantitative estimate of drug-likeness (QED) is 0.799. The van der Waals surface area contributed by atoms with Gasteiger partial charge in [-0.15, -0.1) is 0 Å². The first-order chi connectivity index (χ1) is 13.1. The van der Waals surface area contributed by atoms with Crippen molar-refractivity contribution < 1.29 is 13.6 Å². The first-order valence-electron chi connectivity index (χ1n) is 9.55. The number of alkyl halides is 2. The van der Waals surface area contributed by atoms with E-state index < -0.39 is 6.43 Å². The number of amides is 1. The van der Waals surface area contributed by atoms with Crippen molar-refractivity contribution in [2.75, 3.05) is 19.6 Å². The molecule has 0 atom stereocenters. The molecule has 0 aromatic heterocycles. The number of carbonyl (C=O) groups is 1. The number of rotatable bonds is 7. The molecule has 1 saturated heterocycles. The molecule has 27 heavy (non-hydrogen) atoms. The molecule has 2 aromatic carbocycles. The lowest BCUT2D eigenvalue weighted by Gasteiger charge is -2.32. The van der Waals surface area contributed by atoms with Crippen molar-refractivity contribution in [3.05, 3.63) is 71.3 Å². The third kappa shape index (κ3) is 5.86. The number of hydrogen-bond acceptors (Lipinski definition) is 2. The van der Waals surface area contributed by atoms with E-state index in [-0.39, 0.29) is 18.5 Å². The molecular formula is C22H26F2N2O. The number of piperidine rings is 1. The van der Waals surface area contributed by atoms with E-state index in [1.165, 1.54) is 5.56 Å². The van der Waals surface area contributed by atoms with Crippen molar-refractivity contribution in [3.63, 3.8) is 0 Å². The van der Waals surface area contributed by atoms with Gasteiger partial charge in [0.2, 0.25) is 0 Å². The van der Waals surface area contributed by atoms with Gasteiger partial charge < -0.3 is 5.32 Å². The summed E-state index contributed by atoms with van der Waals surface area (Å²) in [6.07, 6.45) is 0.819. The van der Waals surface area contributed by atoms with Crippen molar-refractivity contribution in [3.8, 4) is 0 Å². The van der Waals surface area contributed by atoms with E-state index in [0.29, 0.717) is 31.5 Å². The van der Waals surface area contributed by atoms with Gasteiger partial charge in [-0.2, -0.15) is 0 Å². The molecule has 3 rings (SSSR count). The second-order valence-electron chi connectivity index (χ2n) is 7.08. The lowest BCUT2D eigenvalue weighted by atomic mass is 9.98. The molecule has 0 spiro atoms. The van der Waals surface area contributed by atoms with Crippen LogP contribution in [0.5, 0.6) is 0 Å². The van der Waals surface area contributed by atoms with Crippen LogP contribution in [0.15, 0.2) is 54.6 Å². The number of hydrogen-bond donors (Lipinski definition) is 1. The molecule has 1 heterocycles. The summed E-state index contributed by atoms with van der Waals surface area (Å²) < 4.78 is 25.0. The molecule has 2 aromatic rings. The van der Waals surface area contributed by atoms with Crippen molar-refractivity contribution >= 4 is 5.91 Å². The van der Waals surface area contributed by atoms with Crippen LogP contribution in [-0.2, 0) is 12.8 Å². The zero-order valence-electron chi connectivity index (χ0n) is 15.4. The molecule has 0 saturated carbocycles. The lowest BCUT2D eigenvalue weighted by Crippen LogP contribution is -2.45. The first kappa shape index (κ1) is 19.5. The number of nitrogens with one attached hydrogen (secondary N) is 1. The van der Waals surface area contributed by atoms with Crippen LogP contribution in [-0.4, -0.2) is 42.9 Å². The van der Waals surface area contributed by atoms with Gasteiger partial charge in [0.25, 0.3) is 12.3 Å². The average molecular weight is 372 g/mol. The van der Waals surface area contributed by atoms with E-state index in [9.17, 15) is 13.6 Å². The molecule has 0 bridgehead atoms. The summed E-state index contributed by atoms with van der Waals surface area (Å²) in [7, 11) is 0. The summed E-state index contributed by atoms with van der Waals surface area (Å²) in [5, 5.41) is 3.09. The van der Waals surface area contributed by atoms with Gasteiger partial charge in [0.05, 0.1) is 6.54 Å². The highest BCUT2D eigenvalue weighted by Crippen LogP contribution is 2.16. The monoisotopic (exact) mass is 372 g/mol. The highest BCUT2D eigenvalue weighted by Gasteiger charge is 2.23. The number of nitrogens with zero attached hydrogens (tertiary/aromatic N) is 1. The topological polar surface area (TPSA) is 32.3 Å². The number of likely N-dealkylation sites (tertiary alicyclic amines) is 1. The van der Waals surface area contributed by atoms with Gasteiger partial charge in [0.1, 0.15) is 0 Å². The van der Waals surface area contributed by atoms with Gasteiger partial charge in [-0.25, -0.2) is 8.78 Å². The fourth-order valence-electron chi connectivity index (χ4n) is 3.60. The lowest BCUT2D eigenvalue weighted by molar-refractivity contribution is 0.0696. The fourth-order valence-corrected chi connectivity index (χ4v) is 3.60. The number of carbonyl (C=O) groups excluding carboxylic acids is 1. The number of aryl methyl sites for hydroxylation is 2. The first-order valence-corrected chi connectivity index (χ1v) is 9.55. The van der Waals surface area contributed by atoms with Crippen LogP contribution in [0, 0.1) is 0 Å². The average Bonchev–Trinajstić information content (AvgIpc) is 2.68. The van der Waals surface area contributed by atoms with Crippen LogP contribution >= 0.6 is 0 Å². The molecule has 0 aliphatic carbocycles. The van der Waals surface area contributed by atoms with E-state index in [0.717, 1.165) is 18.4 Å². The van der Waals surface area contributed by atoms with E-state index in [2.05, 4.69) is 17.4 Å². The second-order valence-corrected chi connectivity index (χ2v) is 7.08. The molecule has 0 unspecified atom stereocenters. The van der Waals surface area contributed by atoms with Crippen LogP contribution < -0.4 is 5.32 Å². The summed E-state index contributed by atoms with van der Waals surface area (Å²) in [5.74, 6) is -0.0639. The minimum atomic E-state index is -2.30. The Bertz CT molecular complexity index is 728. The molecule has 3 nitrogen and oxygen atoms in total. The standard InChI is InChI=1S/C22H26F2N2O/c23-21(24)16-26-14-12-19(13-15-26)25-22(27)20-9-5-4-8-18(20)11-10-17-6-2-1-3-7-17/h1-9,19,21H,10-16H2,(H,25,27). The predicted molar refractivity (Wildman–Crippen MR) is 103 cm³/mol. The zero-order chi connectivity index (χ0) is 19.1. The van der Waals surface area contributed by atoms with Gasteiger partial charge in [0, 0.05) is 24.7 Å². The van der Waals surface area contributed by atoms with E-state index >= 15 is 0 Å². The molecule has 144 valence electrons. The predicted octanol–water partition coefficient (Wildman–Crippen LogP) is 3.93. The maximum Gasteiger partial charge on any atom is 0.251 e. The van der Waals surface area contributed by atoms with Crippen LogP contribution in [0.1, 0.15) is 34.3 Å². The third-order valence-electron chi connectivity index (χ3n) is 5.11. The Labute approximate surface area is 159 Å². The van der Waals surface area contributed by atoms with E-state index in [1.807, 2.05) is 42.5 Å². The second kappa shape index (κ2) is 9.60. The van der Waals surface area contributed by atoms with Gasteiger partial charge in [-0.3, -0.25) is 9.69 Å². The molecule has 0 radical (unpaired) electrons. The molecule has 1 aliphatic rings. The van der Waals surface area contributed by atoms with E-state index in [4.69, 9.17) is 0 Å². The summed E-state index contributed by atoms with van der Waals surface area (Å²) in [6.45, 7) is 1.03. The smallest absolute Gasteiger partial charge is 0.251 e. The highest BCUT2D eigenvalue weighted by atomic mass is 19.3. The minimum absolute atomic E-state index is 0.0496. The fraction of sp³-hybridized carbons (Fsp3) is 0.409. The van der Waals surface area contributed by atoms with Crippen LogP contribution in [0.3, 0.4) is 0 Å². The summed E-state index contributed by atoms with van der Waals surface area (Å²) in [5.41, 5.74) is 3.00. The van der Waals surface area contributed by atoms with E-state index in [1.54, 1.807) is 4.90 Å². The highest BCUT2D eigenvalue weighted by molar-refractivity contribution is 5.95. The van der Waals surface area contributed by atoms with Gasteiger partial charge >= 0.3 is 0 Å². The molecule has 1 N–H and O–H groups in total. The van der Waals surface area contributed by atoms with Crippen molar-refractivity contribution in [1.29, 1.82) is 0 Å². The Balaban J connectivity index is 1.56. The van der Waals surface area contributed by atoms with Crippen molar-refractivity contribution in [2.24, 2.45) is 0 Å². The Kier molecular flexibility index (Phi) is 6.93. The molecular weight excluding hydrogens is 346 g/mol. The largest absolute Gasteiger partial charge is 0.349 e. The Morgan fingerprint density at radius 2 is 1.67 bits per heavy atom. The molecule has 1 fully saturated rings. The summed E-state index contributed by atoms with van der Waals surface area (Å²) in [6, 6.07) is 18.0. The van der Waals surface area contributed by atoms with Gasteiger partial charge in [0.15, 0.2) is 0 Å². The normalized spacial score (nSPS) is 15.8. The SMILES string of the molecule is O=C(NC1CCN(CC(F)F)CC1)c1ccccc1CCc1ccccc1. The molecule has 1 aliphatic heterocycles. The van der Waals surface area contributed by atoms with Gasteiger partial charge in [-0.05, 0) is 42.9 Å². The number of halogens is 2. The molecule has 1 amide bonds. The maximum atomic E-state index is 12.8. The Hall–Kier alpha value is -2.27. The van der Waals surface area contributed by atoms with Gasteiger partial charge in [-0.1, -0.05) is 48.5 Å². The molecule has 5 heteroatoms. The Morgan fingerprint density at radius 1 is 1.00 bits per heavy atom. The van der Waals surface area contributed by atoms with Crippen LogP contribution in [0.25, 0.3) is 0 Å². The third-order valence-corrected chi connectivity index (χ3v) is 5.11.